The maximum atomic E-state index is 12.8. The molecule has 0 radical (unpaired) electrons. The van der Waals surface area contributed by atoms with E-state index in [0.29, 0.717) is 19.5 Å². The molecule has 0 aliphatic carbocycles. The van der Waals surface area contributed by atoms with Gasteiger partial charge in [-0.2, -0.15) is 0 Å². The van der Waals surface area contributed by atoms with Gasteiger partial charge in [0.1, 0.15) is 6.54 Å². The fourth-order valence-electron chi connectivity index (χ4n) is 4.14. The van der Waals surface area contributed by atoms with Gasteiger partial charge in [-0.25, -0.2) is 4.98 Å². The normalized spacial score (nSPS) is 14.7. The highest BCUT2D eigenvalue weighted by molar-refractivity contribution is 5.76. The first-order chi connectivity index (χ1) is 15.2. The van der Waals surface area contributed by atoms with Crippen LogP contribution < -0.4 is 5.56 Å². The molecule has 1 aromatic heterocycles. The number of rotatable bonds is 6. The van der Waals surface area contributed by atoms with E-state index in [4.69, 9.17) is 0 Å². The summed E-state index contributed by atoms with van der Waals surface area (Å²) in [6, 6.07) is 22.7. The number of aryl methyl sites for hydroxylation is 1. The molecule has 2 aromatic carbocycles. The highest BCUT2D eigenvalue weighted by Crippen LogP contribution is 2.29. The van der Waals surface area contributed by atoms with E-state index in [1.807, 2.05) is 24.0 Å². The third-order valence-electron chi connectivity index (χ3n) is 5.87. The average Bonchev–Trinajstić information content (AvgIpc) is 2.82. The van der Waals surface area contributed by atoms with Crippen molar-refractivity contribution in [1.29, 1.82) is 0 Å². The molecule has 0 N–H and O–H groups in total. The number of carbonyl (C=O) groups excluding carboxylic acids is 1. The Labute approximate surface area is 182 Å². The second kappa shape index (κ2) is 9.71. The topological polar surface area (TPSA) is 58.4 Å². The Morgan fingerprint density at radius 1 is 0.935 bits per heavy atom. The quantitative estimate of drug-likeness (QED) is 0.620. The van der Waals surface area contributed by atoms with Crippen molar-refractivity contribution >= 4 is 5.91 Å². The van der Waals surface area contributed by atoms with Gasteiger partial charge in [0.15, 0.2) is 0 Å². The van der Waals surface area contributed by atoms with Crippen LogP contribution in [0.2, 0.25) is 0 Å². The van der Waals surface area contributed by atoms with Crippen molar-refractivity contribution in [2.75, 3.05) is 26.2 Å². The van der Waals surface area contributed by atoms with Crippen LogP contribution in [0.3, 0.4) is 0 Å². The summed E-state index contributed by atoms with van der Waals surface area (Å²) in [7, 11) is 0. The Balaban J connectivity index is 1.44. The summed E-state index contributed by atoms with van der Waals surface area (Å²) < 4.78 is 1.39. The van der Waals surface area contributed by atoms with Crippen molar-refractivity contribution in [3.05, 3.63) is 100 Å². The van der Waals surface area contributed by atoms with Gasteiger partial charge >= 0.3 is 0 Å². The van der Waals surface area contributed by atoms with Crippen LogP contribution >= 0.6 is 0 Å². The van der Waals surface area contributed by atoms with E-state index < -0.39 is 0 Å². The van der Waals surface area contributed by atoms with Crippen molar-refractivity contribution < 1.29 is 4.79 Å². The molecular formula is C25H28N4O2. The molecule has 0 spiro atoms. The number of nitrogens with zero attached hydrogens (tertiary/aromatic N) is 4. The fraction of sp³-hybridized carbons (Fsp3) is 0.320. The number of aromatic nitrogens is 2. The van der Waals surface area contributed by atoms with Crippen molar-refractivity contribution in [2.45, 2.75) is 25.9 Å². The highest BCUT2D eigenvalue weighted by Gasteiger charge is 2.28. The van der Waals surface area contributed by atoms with Gasteiger partial charge in [0.05, 0.1) is 12.4 Å². The zero-order valence-electron chi connectivity index (χ0n) is 17.9. The standard InChI is InChI=1S/C25H28N4O2/c1-2-22-17-23(30)29(19-26-22)18-24(31)27-13-15-28(16-14-27)25(20-9-5-3-6-10-20)21-11-7-4-8-12-21/h3-12,17,19,25H,2,13-16,18H2,1H3. The molecule has 3 aromatic rings. The number of piperazine rings is 1. The zero-order chi connectivity index (χ0) is 21.6. The lowest BCUT2D eigenvalue weighted by molar-refractivity contribution is -0.133. The van der Waals surface area contributed by atoms with Crippen LogP contribution in [0.15, 0.2) is 77.9 Å². The van der Waals surface area contributed by atoms with Gasteiger partial charge in [-0.3, -0.25) is 19.1 Å². The molecule has 1 saturated heterocycles. The molecule has 2 heterocycles. The third-order valence-corrected chi connectivity index (χ3v) is 5.87. The summed E-state index contributed by atoms with van der Waals surface area (Å²) in [6.45, 7) is 4.84. The van der Waals surface area contributed by atoms with Crippen LogP contribution in [0.25, 0.3) is 0 Å². The summed E-state index contributed by atoms with van der Waals surface area (Å²) >= 11 is 0. The van der Waals surface area contributed by atoms with Gasteiger partial charge in [-0.1, -0.05) is 67.6 Å². The first kappa shape index (κ1) is 21.0. The van der Waals surface area contributed by atoms with E-state index in [2.05, 4.69) is 58.4 Å². The van der Waals surface area contributed by atoms with Crippen LogP contribution in [0, 0.1) is 0 Å². The summed E-state index contributed by atoms with van der Waals surface area (Å²) in [4.78, 5) is 33.5. The molecule has 4 rings (SSSR count). The predicted octanol–water partition coefficient (Wildman–Crippen LogP) is 2.74. The molecule has 160 valence electrons. The molecule has 0 saturated carbocycles. The minimum Gasteiger partial charge on any atom is -0.339 e. The summed E-state index contributed by atoms with van der Waals surface area (Å²) in [5.74, 6) is -0.0382. The maximum absolute atomic E-state index is 12.8. The van der Waals surface area contributed by atoms with Gasteiger partial charge in [0.2, 0.25) is 5.91 Å². The second-order valence-corrected chi connectivity index (χ2v) is 7.84. The number of benzene rings is 2. The van der Waals surface area contributed by atoms with Crippen molar-refractivity contribution in [3.63, 3.8) is 0 Å². The molecule has 1 aliphatic rings. The van der Waals surface area contributed by atoms with Gasteiger partial charge in [-0.05, 0) is 17.5 Å². The molecule has 31 heavy (non-hydrogen) atoms. The molecule has 1 amide bonds. The van der Waals surface area contributed by atoms with Crippen LogP contribution in [0.1, 0.15) is 29.8 Å². The Kier molecular flexibility index (Phi) is 6.57. The van der Waals surface area contributed by atoms with Crippen LogP contribution in [-0.2, 0) is 17.8 Å². The van der Waals surface area contributed by atoms with Gasteiger partial charge in [0, 0.05) is 37.9 Å². The molecule has 1 aliphatic heterocycles. The Morgan fingerprint density at radius 2 is 1.52 bits per heavy atom. The van der Waals surface area contributed by atoms with E-state index in [1.165, 1.54) is 28.1 Å². The average molecular weight is 417 g/mol. The second-order valence-electron chi connectivity index (χ2n) is 7.84. The van der Waals surface area contributed by atoms with Crippen molar-refractivity contribution in [1.82, 2.24) is 19.4 Å². The van der Waals surface area contributed by atoms with E-state index in [0.717, 1.165) is 18.8 Å². The van der Waals surface area contributed by atoms with E-state index in [1.54, 1.807) is 0 Å². The van der Waals surface area contributed by atoms with Crippen LogP contribution in [0.5, 0.6) is 0 Å². The molecule has 6 nitrogen and oxygen atoms in total. The number of amides is 1. The SMILES string of the molecule is CCc1cc(=O)n(CC(=O)N2CCN(C(c3ccccc3)c3ccccc3)CC2)cn1. The Bertz CT molecular complexity index is 1020. The van der Waals surface area contributed by atoms with E-state index in [-0.39, 0.29) is 24.1 Å². The van der Waals surface area contributed by atoms with Crippen molar-refractivity contribution in [2.24, 2.45) is 0 Å². The van der Waals surface area contributed by atoms with Crippen LogP contribution in [-0.4, -0.2) is 51.4 Å². The summed E-state index contributed by atoms with van der Waals surface area (Å²) in [6.07, 6.45) is 2.19. The summed E-state index contributed by atoms with van der Waals surface area (Å²) in [5.41, 5.74) is 3.08. The Hall–Kier alpha value is -3.25. The largest absolute Gasteiger partial charge is 0.339 e. The smallest absolute Gasteiger partial charge is 0.253 e. The molecule has 0 unspecified atom stereocenters. The lowest BCUT2D eigenvalue weighted by Crippen LogP contribution is -2.51. The van der Waals surface area contributed by atoms with Gasteiger partial charge in [0.25, 0.3) is 5.56 Å². The minimum absolute atomic E-state index is 0.0382. The maximum Gasteiger partial charge on any atom is 0.253 e. The molecule has 0 bridgehead atoms. The number of hydrogen-bond donors (Lipinski definition) is 0. The molecule has 0 atom stereocenters. The molecule has 6 heteroatoms. The van der Waals surface area contributed by atoms with Gasteiger partial charge in [-0.15, -0.1) is 0 Å². The lowest BCUT2D eigenvalue weighted by Gasteiger charge is -2.39. The number of hydrogen-bond acceptors (Lipinski definition) is 4. The Morgan fingerprint density at radius 3 is 2.03 bits per heavy atom. The van der Waals surface area contributed by atoms with E-state index in [9.17, 15) is 9.59 Å². The predicted molar refractivity (Wildman–Crippen MR) is 121 cm³/mol. The monoisotopic (exact) mass is 416 g/mol. The highest BCUT2D eigenvalue weighted by atomic mass is 16.2. The fourth-order valence-corrected chi connectivity index (χ4v) is 4.14. The molecular weight excluding hydrogens is 388 g/mol. The van der Waals surface area contributed by atoms with Gasteiger partial charge < -0.3 is 4.90 Å². The lowest BCUT2D eigenvalue weighted by atomic mass is 9.96. The summed E-state index contributed by atoms with van der Waals surface area (Å²) in [5, 5.41) is 0. The number of carbonyl (C=O) groups is 1. The first-order valence-corrected chi connectivity index (χ1v) is 10.8. The van der Waals surface area contributed by atoms with Crippen molar-refractivity contribution in [3.8, 4) is 0 Å². The third kappa shape index (κ3) is 4.91. The van der Waals surface area contributed by atoms with Crippen LogP contribution in [0.4, 0.5) is 0 Å². The first-order valence-electron chi connectivity index (χ1n) is 10.8. The van der Waals surface area contributed by atoms with E-state index >= 15 is 0 Å². The minimum atomic E-state index is -0.174. The zero-order valence-corrected chi connectivity index (χ0v) is 17.9. The molecule has 1 fully saturated rings.